The van der Waals surface area contributed by atoms with Crippen LogP contribution in [0, 0.1) is 0 Å². The quantitative estimate of drug-likeness (QED) is 0.460. The zero-order valence-corrected chi connectivity index (χ0v) is 6.16. The fourth-order valence-corrected chi connectivity index (χ4v) is 1.73. The molecule has 2 unspecified atom stereocenters. The number of hydrogen-bond donors (Lipinski definition) is 0. The van der Waals surface area contributed by atoms with Crippen LogP contribution in [0.2, 0.25) is 0 Å². The molecule has 1 amide bonds. The van der Waals surface area contributed by atoms with Crippen LogP contribution in [0.1, 0.15) is 6.42 Å². The third-order valence-electron chi connectivity index (χ3n) is 2.56. The van der Waals surface area contributed by atoms with Crippen LogP contribution in [-0.2, 0) is 4.79 Å². The first kappa shape index (κ1) is 6.16. The van der Waals surface area contributed by atoms with Gasteiger partial charge in [-0.05, 0) is 13.5 Å². The van der Waals surface area contributed by atoms with Gasteiger partial charge in [-0.25, -0.2) is 0 Å². The van der Waals surface area contributed by atoms with E-state index in [2.05, 4.69) is 11.9 Å². The van der Waals surface area contributed by atoms with E-state index in [0.29, 0.717) is 12.1 Å². The van der Waals surface area contributed by atoms with Crippen LogP contribution >= 0.6 is 0 Å². The van der Waals surface area contributed by atoms with Crippen LogP contribution in [0.4, 0.5) is 0 Å². The molecule has 3 heteroatoms. The van der Waals surface area contributed by atoms with Crippen molar-refractivity contribution < 1.29 is 4.79 Å². The molecule has 0 spiro atoms. The molecular formula is C7H12N2O. The molecule has 2 fully saturated rings. The van der Waals surface area contributed by atoms with Gasteiger partial charge in [-0.15, -0.1) is 0 Å². The number of amides is 1. The second kappa shape index (κ2) is 1.95. The molecule has 0 aromatic carbocycles. The van der Waals surface area contributed by atoms with Crippen molar-refractivity contribution in [1.82, 2.24) is 9.80 Å². The molecule has 2 aliphatic rings. The fraction of sp³-hybridized carbons (Fsp3) is 0.857. The van der Waals surface area contributed by atoms with Gasteiger partial charge < -0.3 is 4.90 Å². The highest BCUT2D eigenvalue weighted by atomic mass is 16.1. The SMILES string of the molecule is CN1CCN(C=O)C2CC21. The molecule has 56 valence electrons. The summed E-state index contributed by atoms with van der Waals surface area (Å²) in [6.07, 6.45) is 2.17. The maximum Gasteiger partial charge on any atom is 0.210 e. The lowest BCUT2D eigenvalue weighted by atomic mass is 10.4. The van der Waals surface area contributed by atoms with E-state index in [0.717, 1.165) is 19.5 Å². The molecule has 10 heavy (non-hydrogen) atoms. The van der Waals surface area contributed by atoms with E-state index in [1.807, 2.05) is 4.90 Å². The molecule has 2 rings (SSSR count). The van der Waals surface area contributed by atoms with Gasteiger partial charge in [0.1, 0.15) is 0 Å². The standard InChI is InChI=1S/C7H12N2O/c1-8-2-3-9(5-10)7-4-6(7)8/h5-7H,2-4H2,1H3. The number of piperazine rings is 1. The second-order valence-electron chi connectivity index (χ2n) is 3.19. The van der Waals surface area contributed by atoms with Gasteiger partial charge in [0.25, 0.3) is 0 Å². The molecule has 0 aromatic heterocycles. The van der Waals surface area contributed by atoms with Crippen molar-refractivity contribution in [3.8, 4) is 0 Å². The number of fused-ring (bicyclic) bond motifs is 1. The lowest BCUT2D eigenvalue weighted by molar-refractivity contribution is -0.120. The van der Waals surface area contributed by atoms with Crippen LogP contribution in [0.5, 0.6) is 0 Å². The second-order valence-corrected chi connectivity index (χ2v) is 3.19. The van der Waals surface area contributed by atoms with Gasteiger partial charge in [-0.3, -0.25) is 9.69 Å². The summed E-state index contributed by atoms with van der Waals surface area (Å²) in [5, 5.41) is 0. The molecule has 2 atom stereocenters. The van der Waals surface area contributed by atoms with Crippen LogP contribution < -0.4 is 0 Å². The summed E-state index contributed by atoms with van der Waals surface area (Å²) in [4.78, 5) is 14.7. The molecule has 1 saturated heterocycles. The van der Waals surface area contributed by atoms with E-state index >= 15 is 0 Å². The van der Waals surface area contributed by atoms with Gasteiger partial charge in [0.05, 0.1) is 0 Å². The lowest BCUT2D eigenvalue weighted by Crippen LogP contribution is -2.43. The molecule has 1 aliphatic carbocycles. The predicted molar refractivity (Wildman–Crippen MR) is 37.6 cm³/mol. The van der Waals surface area contributed by atoms with Crippen molar-refractivity contribution in [2.75, 3.05) is 20.1 Å². The molecule has 0 radical (unpaired) electrons. The Morgan fingerprint density at radius 2 is 2.20 bits per heavy atom. The first-order valence-electron chi connectivity index (χ1n) is 3.74. The van der Waals surface area contributed by atoms with Gasteiger partial charge in [-0.2, -0.15) is 0 Å². The van der Waals surface area contributed by atoms with Crippen molar-refractivity contribution >= 4 is 6.41 Å². The largest absolute Gasteiger partial charge is 0.339 e. The summed E-state index contributed by atoms with van der Waals surface area (Å²) in [6.45, 7) is 1.96. The van der Waals surface area contributed by atoms with Gasteiger partial charge >= 0.3 is 0 Å². The Morgan fingerprint density at radius 1 is 1.40 bits per heavy atom. The fourth-order valence-electron chi connectivity index (χ4n) is 1.73. The summed E-state index contributed by atoms with van der Waals surface area (Å²) in [5.41, 5.74) is 0. The Morgan fingerprint density at radius 3 is 2.90 bits per heavy atom. The molecule has 0 bridgehead atoms. The summed E-state index contributed by atoms with van der Waals surface area (Å²) in [6, 6.07) is 1.23. The Kier molecular flexibility index (Phi) is 1.20. The van der Waals surface area contributed by atoms with Crippen molar-refractivity contribution in [3.63, 3.8) is 0 Å². The molecule has 0 N–H and O–H groups in total. The number of carbonyl (C=O) groups is 1. The first-order chi connectivity index (χ1) is 4.83. The Bertz CT molecular complexity index is 160. The summed E-state index contributed by atoms with van der Waals surface area (Å²) >= 11 is 0. The third-order valence-corrected chi connectivity index (χ3v) is 2.56. The minimum atomic E-state index is 0.552. The van der Waals surface area contributed by atoms with E-state index in [1.54, 1.807) is 0 Å². The summed E-state index contributed by atoms with van der Waals surface area (Å²) in [5.74, 6) is 0. The Labute approximate surface area is 60.6 Å². The van der Waals surface area contributed by atoms with E-state index in [-0.39, 0.29) is 0 Å². The highest BCUT2D eigenvalue weighted by molar-refractivity contribution is 5.49. The highest BCUT2D eigenvalue weighted by Crippen LogP contribution is 2.34. The normalized spacial score (nSPS) is 39.1. The summed E-state index contributed by atoms with van der Waals surface area (Å²) < 4.78 is 0. The van der Waals surface area contributed by atoms with Crippen molar-refractivity contribution in [2.45, 2.75) is 18.5 Å². The molecule has 1 heterocycles. The van der Waals surface area contributed by atoms with Gasteiger partial charge in [0, 0.05) is 25.2 Å². The highest BCUT2D eigenvalue weighted by Gasteiger charge is 2.46. The maximum atomic E-state index is 10.4. The molecular weight excluding hydrogens is 128 g/mol. The van der Waals surface area contributed by atoms with E-state index in [9.17, 15) is 4.79 Å². The molecule has 1 aliphatic heterocycles. The van der Waals surface area contributed by atoms with Crippen LogP contribution in [0.3, 0.4) is 0 Å². The van der Waals surface area contributed by atoms with Gasteiger partial charge in [-0.1, -0.05) is 0 Å². The number of carbonyl (C=O) groups excluding carboxylic acids is 1. The van der Waals surface area contributed by atoms with Crippen LogP contribution in [-0.4, -0.2) is 48.4 Å². The first-order valence-corrected chi connectivity index (χ1v) is 3.74. The number of rotatable bonds is 1. The number of nitrogens with zero attached hydrogens (tertiary/aromatic N) is 2. The Balaban J connectivity index is 2.01. The van der Waals surface area contributed by atoms with Crippen LogP contribution in [0.15, 0.2) is 0 Å². The summed E-state index contributed by atoms with van der Waals surface area (Å²) in [7, 11) is 2.13. The van der Waals surface area contributed by atoms with Gasteiger partial charge in [0.2, 0.25) is 6.41 Å². The monoisotopic (exact) mass is 140 g/mol. The van der Waals surface area contributed by atoms with Gasteiger partial charge in [0.15, 0.2) is 0 Å². The third kappa shape index (κ3) is 0.736. The number of likely N-dealkylation sites (N-methyl/N-ethyl adjacent to an activating group) is 1. The number of hydrogen-bond acceptors (Lipinski definition) is 2. The van der Waals surface area contributed by atoms with Crippen molar-refractivity contribution in [3.05, 3.63) is 0 Å². The van der Waals surface area contributed by atoms with E-state index in [4.69, 9.17) is 0 Å². The minimum absolute atomic E-state index is 0.552. The maximum absolute atomic E-state index is 10.4. The van der Waals surface area contributed by atoms with Crippen LogP contribution in [0.25, 0.3) is 0 Å². The molecule has 0 aromatic rings. The van der Waals surface area contributed by atoms with Crippen molar-refractivity contribution in [2.24, 2.45) is 0 Å². The average Bonchev–Trinajstić information content (AvgIpc) is 2.68. The van der Waals surface area contributed by atoms with Crippen molar-refractivity contribution in [1.29, 1.82) is 0 Å². The van der Waals surface area contributed by atoms with E-state index < -0.39 is 0 Å². The molecule has 3 nitrogen and oxygen atoms in total. The topological polar surface area (TPSA) is 23.6 Å². The molecule has 1 saturated carbocycles. The average molecular weight is 140 g/mol. The zero-order valence-electron chi connectivity index (χ0n) is 6.16. The Hall–Kier alpha value is -0.570. The predicted octanol–water partition coefficient (Wildman–Crippen LogP) is -0.469. The smallest absolute Gasteiger partial charge is 0.210 e. The zero-order chi connectivity index (χ0) is 7.14. The lowest BCUT2D eigenvalue weighted by Gasteiger charge is -2.28. The minimum Gasteiger partial charge on any atom is -0.339 e. The van der Waals surface area contributed by atoms with E-state index in [1.165, 1.54) is 6.42 Å².